The molecule has 130 valence electrons. The van der Waals surface area contributed by atoms with E-state index < -0.39 is 6.36 Å². The van der Waals surface area contributed by atoms with Crippen LogP contribution in [0.5, 0.6) is 5.75 Å². The van der Waals surface area contributed by atoms with Crippen molar-refractivity contribution in [2.75, 3.05) is 26.3 Å². The van der Waals surface area contributed by atoms with Gasteiger partial charge in [-0.05, 0) is 24.1 Å². The molecule has 0 bridgehead atoms. The molecule has 0 aliphatic carbocycles. The molecule has 1 aliphatic rings. The van der Waals surface area contributed by atoms with E-state index in [1.54, 1.807) is 0 Å². The minimum atomic E-state index is -4.69. The molecule has 1 atom stereocenters. The van der Waals surface area contributed by atoms with Crippen molar-refractivity contribution in [1.82, 2.24) is 10.6 Å². The van der Waals surface area contributed by atoms with Crippen molar-refractivity contribution >= 4 is 18.3 Å². The van der Waals surface area contributed by atoms with Gasteiger partial charge in [-0.1, -0.05) is 12.1 Å². The maximum Gasteiger partial charge on any atom is 0.573 e. The Labute approximate surface area is 137 Å². The van der Waals surface area contributed by atoms with E-state index in [0.29, 0.717) is 32.7 Å². The average Bonchev–Trinajstić information content (AvgIpc) is 2.48. The van der Waals surface area contributed by atoms with Gasteiger partial charge in [-0.2, -0.15) is 0 Å². The summed E-state index contributed by atoms with van der Waals surface area (Å²) in [6, 6.07) is 5.23. The quantitative estimate of drug-likeness (QED) is 0.844. The highest BCUT2D eigenvalue weighted by atomic mass is 35.5. The second kappa shape index (κ2) is 8.95. The Morgan fingerprint density at radius 2 is 2.04 bits per heavy atom. The van der Waals surface area contributed by atoms with Crippen molar-refractivity contribution in [3.63, 3.8) is 0 Å². The van der Waals surface area contributed by atoms with Gasteiger partial charge in [0.05, 0.1) is 13.2 Å². The maximum atomic E-state index is 12.0. The first-order chi connectivity index (χ1) is 10.4. The smallest absolute Gasteiger partial charge is 0.406 e. The van der Waals surface area contributed by atoms with Crippen LogP contribution in [-0.2, 0) is 16.0 Å². The minimum absolute atomic E-state index is 0. The van der Waals surface area contributed by atoms with Crippen molar-refractivity contribution in [3.8, 4) is 5.75 Å². The summed E-state index contributed by atoms with van der Waals surface area (Å²) in [7, 11) is 0. The standard InChI is InChI=1S/C14H17F3N2O3.ClH/c15-14(16,17)22-11-3-1-10(2-4-11)5-6-19-13(20)12-9-21-8-7-18-12;/h1-4,12,18H,5-9H2,(H,19,20);1H. The summed E-state index contributed by atoms with van der Waals surface area (Å²) in [6.07, 6.45) is -4.17. The lowest BCUT2D eigenvalue weighted by Gasteiger charge is -2.22. The second-order valence-electron chi connectivity index (χ2n) is 4.81. The number of alkyl halides is 3. The Hall–Kier alpha value is -1.51. The predicted octanol–water partition coefficient (Wildman–Crippen LogP) is 1.65. The van der Waals surface area contributed by atoms with Crippen LogP contribution < -0.4 is 15.4 Å². The number of hydrogen-bond acceptors (Lipinski definition) is 4. The number of morpholine rings is 1. The van der Waals surface area contributed by atoms with Crippen LogP contribution >= 0.6 is 12.4 Å². The zero-order valence-electron chi connectivity index (χ0n) is 12.2. The molecule has 23 heavy (non-hydrogen) atoms. The number of rotatable bonds is 5. The van der Waals surface area contributed by atoms with Crippen molar-refractivity contribution in [2.45, 2.75) is 18.8 Å². The molecule has 1 amide bonds. The molecular formula is C14H18ClF3N2O3. The predicted molar refractivity (Wildman–Crippen MR) is 79.7 cm³/mol. The van der Waals surface area contributed by atoms with E-state index in [2.05, 4.69) is 15.4 Å². The molecule has 0 saturated carbocycles. The van der Waals surface area contributed by atoms with Crippen molar-refractivity contribution < 1.29 is 27.4 Å². The van der Waals surface area contributed by atoms with Crippen LogP contribution in [0.25, 0.3) is 0 Å². The molecule has 1 aliphatic heterocycles. The first-order valence-corrected chi connectivity index (χ1v) is 6.87. The Balaban J connectivity index is 0.00000264. The first kappa shape index (κ1) is 19.5. The molecule has 0 radical (unpaired) electrons. The number of benzene rings is 1. The fourth-order valence-corrected chi connectivity index (χ4v) is 2.04. The van der Waals surface area contributed by atoms with Gasteiger partial charge in [0.2, 0.25) is 5.91 Å². The summed E-state index contributed by atoms with van der Waals surface area (Å²) in [5.74, 6) is -0.402. The van der Waals surface area contributed by atoms with E-state index in [1.807, 2.05) is 0 Å². The van der Waals surface area contributed by atoms with Gasteiger partial charge in [0.25, 0.3) is 0 Å². The molecule has 1 unspecified atom stereocenters. The Kier molecular flexibility index (Phi) is 7.60. The molecule has 2 N–H and O–H groups in total. The molecule has 2 rings (SSSR count). The largest absolute Gasteiger partial charge is 0.573 e. The third-order valence-corrected chi connectivity index (χ3v) is 3.11. The molecule has 0 spiro atoms. The summed E-state index contributed by atoms with van der Waals surface area (Å²) < 4.78 is 45.1. The van der Waals surface area contributed by atoms with Crippen molar-refractivity contribution in [2.24, 2.45) is 0 Å². The number of amides is 1. The zero-order chi connectivity index (χ0) is 16.0. The van der Waals surface area contributed by atoms with E-state index in [4.69, 9.17) is 4.74 Å². The first-order valence-electron chi connectivity index (χ1n) is 6.87. The second-order valence-corrected chi connectivity index (χ2v) is 4.81. The molecule has 5 nitrogen and oxygen atoms in total. The number of nitrogens with one attached hydrogen (secondary N) is 2. The molecule has 1 fully saturated rings. The van der Waals surface area contributed by atoms with Crippen LogP contribution in [0.2, 0.25) is 0 Å². The van der Waals surface area contributed by atoms with Gasteiger partial charge in [0.1, 0.15) is 11.8 Å². The normalized spacial score (nSPS) is 18.0. The number of ether oxygens (including phenoxy) is 2. The summed E-state index contributed by atoms with van der Waals surface area (Å²) in [5.41, 5.74) is 0.808. The van der Waals surface area contributed by atoms with E-state index in [-0.39, 0.29) is 30.1 Å². The Morgan fingerprint density at radius 3 is 2.61 bits per heavy atom. The van der Waals surface area contributed by atoms with Crippen LogP contribution in [0.15, 0.2) is 24.3 Å². The topological polar surface area (TPSA) is 59.6 Å². The molecule has 1 saturated heterocycles. The van der Waals surface area contributed by atoms with Crippen LogP contribution in [0, 0.1) is 0 Å². The van der Waals surface area contributed by atoms with Crippen molar-refractivity contribution in [1.29, 1.82) is 0 Å². The lowest BCUT2D eigenvalue weighted by atomic mass is 10.1. The number of carbonyl (C=O) groups is 1. The fraction of sp³-hybridized carbons (Fsp3) is 0.500. The molecule has 1 aromatic carbocycles. The third kappa shape index (κ3) is 7.06. The maximum absolute atomic E-state index is 12.0. The third-order valence-electron chi connectivity index (χ3n) is 3.11. The van der Waals surface area contributed by atoms with Crippen LogP contribution in [0.1, 0.15) is 5.56 Å². The van der Waals surface area contributed by atoms with E-state index in [1.165, 1.54) is 24.3 Å². The molecule has 0 aromatic heterocycles. The lowest BCUT2D eigenvalue weighted by Crippen LogP contribution is -2.51. The highest BCUT2D eigenvalue weighted by Crippen LogP contribution is 2.22. The Morgan fingerprint density at radius 1 is 1.35 bits per heavy atom. The van der Waals surface area contributed by atoms with Gasteiger partial charge in [-0.15, -0.1) is 25.6 Å². The lowest BCUT2D eigenvalue weighted by molar-refractivity contribution is -0.274. The van der Waals surface area contributed by atoms with E-state index in [0.717, 1.165) is 5.56 Å². The Bertz CT molecular complexity index is 491. The average molecular weight is 355 g/mol. The summed E-state index contributed by atoms with van der Waals surface area (Å²) in [4.78, 5) is 11.8. The van der Waals surface area contributed by atoms with Gasteiger partial charge in [-0.25, -0.2) is 0 Å². The van der Waals surface area contributed by atoms with E-state index >= 15 is 0 Å². The van der Waals surface area contributed by atoms with Gasteiger partial charge < -0.3 is 20.1 Å². The van der Waals surface area contributed by atoms with Crippen LogP contribution in [0.4, 0.5) is 13.2 Å². The zero-order valence-corrected chi connectivity index (χ0v) is 13.0. The molecular weight excluding hydrogens is 337 g/mol. The summed E-state index contributed by atoms with van der Waals surface area (Å²) >= 11 is 0. The van der Waals surface area contributed by atoms with Gasteiger partial charge in [-0.3, -0.25) is 4.79 Å². The minimum Gasteiger partial charge on any atom is -0.406 e. The monoisotopic (exact) mass is 354 g/mol. The molecule has 9 heteroatoms. The molecule has 1 heterocycles. The number of halogens is 4. The summed E-state index contributed by atoms with van der Waals surface area (Å²) in [6.45, 7) is 1.97. The van der Waals surface area contributed by atoms with Crippen LogP contribution in [-0.4, -0.2) is 44.6 Å². The molecule has 1 aromatic rings. The summed E-state index contributed by atoms with van der Waals surface area (Å²) in [5, 5.41) is 5.80. The highest BCUT2D eigenvalue weighted by Gasteiger charge is 2.30. The van der Waals surface area contributed by atoms with Crippen LogP contribution in [0.3, 0.4) is 0 Å². The van der Waals surface area contributed by atoms with Gasteiger partial charge in [0.15, 0.2) is 0 Å². The van der Waals surface area contributed by atoms with Gasteiger partial charge >= 0.3 is 6.36 Å². The van der Waals surface area contributed by atoms with Crippen molar-refractivity contribution in [3.05, 3.63) is 29.8 Å². The SMILES string of the molecule is Cl.O=C(NCCc1ccc(OC(F)(F)F)cc1)C1COCCN1. The number of hydrogen-bond donors (Lipinski definition) is 2. The fourth-order valence-electron chi connectivity index (χ4n) is 2.04. The van der Waals surface area contributed by atoms with Gasteiger partial charge in [0, 0.05) is 13.1 Å². The highest BCUT2D eigenvalue weighted by molar-refractivity contribution is 5.85. The van der Waals surface area contributed by atoms with E-state index in [9.17, 15) is 18.0 Å². The number of carbonyl (C=O) groups excluding carboxylic acids is 1.